The molecule has 0 aromatic rings. The zero-order chi connectivity index (χ0) is 16.4. The van der Waals surface area contributed by atoms with Gasteiger partial charge in [-0.3, -0.25) is 0 Å². The Morgan fingerprint density at radius 3 is 2.18 bits per heavy atom. The van der Waals surface area contributed by atoms with E-state index in [0.29, 0.717) is 17.6 Å². The van der Waals surface area contributed by atoms with Gasteiger partial charge in [0.15, 0.2) is 0 Å². The fourth-order valence-corrected chi connectivity index (χ4v) is 3.50. The zero-order valence-electron chi connectivity index (χ0n) is 15.0. The molecule has 0 aromatic carbocycles. The summed E-state index contributed by atoms with van der Waals surface area (Å²) in [7, 11) is 0. The number of hydrogen-bond donors (Lipinski definition) is 2. The fourth-order valence-electron chi connectivity index (χ4n) is 3.50. The maximum atomic E-state index is 12.1. The number of carbonyl (C=O) groups is 1. The number of amides is 2. The van der Waals surface area contributed by atoms with Gasteiger partial charge in [0.1, 0.15) is 0 Å². The third-order valence-corrected chi connectivity index (χ3v) is 5.33. The van der Waals surface area contributed by atoms with Crippen LogP contribution < -0.4 is 10.6 Å². The van der Waals surface area contributed by atoms with Crippen molar-refractivity contribution in [3.63, 3.8) is 0 Å². The summed E-state index contributed by atoms with van der Waals surface area (Å²) in [6, 6.07) is 0.627. The van der Waals surface area contributed by atoms with E-state index < -0.39 is 0 Å². The third kappa shape index (κ3) is 5.15. The lowest BCUT2D eigenvalue weighted by Crippen LogP contribution is -2.54. The summed E-state index contributed by atoms with van der Waals surface area (Å²) < 4.78 is 5.90. The molecule has 0 aliphatic heterocycles. The molecule has 0 aromatic heterocycles. The molecule has 2 aliphatic rings. The Kier molecular flexibility index (Phi) is 5.41. The molecular weight excluding hydrogens is 276 g/mol. The van der Waals surface area contributed by atoms with E-state index >= 15 is 0 Å². The lowest BCUT2D eigenvalue weighted by atomic mass is 9.72. The summed E-state index contributed by atoms with van der Waals surface area (Å²) in [5.74, 6) is 0. The fraction of sp³-hybridized carbons (Fsp3) is 0.944. The van der Waals surface area contributed by atoms with Crippen LogP contribution in [0.2, 0.25) is 0 Å². The van der Waals surface area contributed by atoms with Gasteiger partial charge in [-0.15, -0.1) is 0 Å². The minimum atomic E-state index is -0.0913. The molecule has 2 aliphatic carbocycles. The van der Waals surface area contributed by atoms with Crippen molar-refractivity contribution in [2.45, 2.75) is 103 Å². The van der Waals surface area contributed by atoms with Gasteiger partial charge in [-0.1, -0.05) is 20.3 Å². The summed E-state index contributed by atoms with van der Waals surface area (Å²) in [6.45, 7) is 10.9. The molecule has 2 N–H and O–H groups in total. The molecule has 4 heteroatoms. The minimum absolute atomic E-state index is 0.00399. The quantitative estimate of drug-likeness (QED) is 0.825. The van der Waals surface area contributed by atoms with E-state index in [1.54, 1.807) is 0 Å². The average molecular weight is 310 g/mol. The van der Waals surface area contributed by atoms with Gasteiger partial charge in [0.25, 0.3) is 0 Å². The van der Waals surface area contributed by atoms with Gasteiger partial charge in [-0.05, 0) is 64.7 Å². The van der Waals surface area contributed by atoms with Crippen LogP contribution in [-0.4, -0.2) is 29.8 Å². The number of ether oxygens (including phenoxy) is 1. The molecule has 0 heterocycles. The summed E-state index contributed by atoms with van der Waals surface area (Å²) >= 11 is 0. The van der Waals surface area contributed by atoms with Crippen LogP contribution in [0.5, 0.6) is 0 Å². The molecular formula is C18H34N2O2. The van der Waals surface area contributed by atoms with E-state index in [0.717, 1.165) is 25.7 Å². The van der Waals surface area contributed by atoms with E-state index in [2.05, 4.69) is 45.3 Å². The van der Waals surface area contributed by atoms with Crippen molar-refractivity contribution >= 4 is 6.03 Å². The first-order chi connectivity index (χ1) is 10.2. The smallest absolute Gasteiger partial charge is 0.315 e. The molecule has 0 unspecified atom stereocenters. The van der Waals surface area contributed by atoms with Crippen molar-refractivity contribution in [2.24, 2.45) is 5.41 Å². The predicted molar refractivity (Wildman–Crippen MR) is 90.0 cm³/mol. The van der Waals surface area contributed by atoms with Crippen LogP contribution in [0.1, 0.15) is 79.6 Å². The first-order valence-electron chi connectivity index (χ1n) is 8.94. The summed E-state index contributed by atoms with van der Waals surface area (Å²) in [5, 5.41) is 6.24. The van der Waals surface area contributed by atoms with Gasteiger partial charge in [0, 0.05) is 12.1 Å². The number of rotatable bonds is 4. The van der Waals surface area contributed by atoms with Crippen molar-refractivity contribution in [1.29, 1.82) is 0 Å². The number of carbonyl (C=O) groups excluding carboxylic acids is 1. The second kappa shape index (κ2) is 6.77. The third-order valence-electron chi connectivity index (χ3n) is 5.33. The maximum absolute atomic E-state index is 12.1. The highest BCUT2D eigenvalue weighted by atomic mass is 16.5. The standard InChI is InChI=1S/C18H34N2O2/c1-6-18(5)9-7-13(8-10-18)19-16(21)20-14-11-15(12-14)22-17(2,3)4/h13-15H,6-12H2,1-5H3,(H2,19,20,21). The van der Waals surface area contributed by atoms with Gasteiger partial charge in [-0.25, -0.2) is 4.79 Å². The summed E-state index contributed by atoms with van der Waals surface area (Å²) in [6.07, 6.45) is 8.07. The van der Waals surface area contributed by atoms with Crippen molar-refractivity contribution in [3.8, 4) is 0 Å². The summed E-state index contributed by atoms with van der Waals surface area (Å²) in [5.41, 5.74) is 0.395. The molecule has 128 valence electrons. The second-order valence-electron chi connectivity index (χ2n) is 8.58. The van der Waals surface area contributed by atoms with Crippen LogP contribution in [0, 0.1) is 5.41 Å². The van der Waals surface area contributed by atoms with Gasteiger partial charge in [0.05, 0.1) is 11.7 Å². The van der Waals surface area contributed by atoms with Crippen molar-refractivity contribution in [1.82, 2.24) is 10.6 Å². The molecule has 2 amide bonds. The van der Waals surface area contributed by atoms with E-state index in [-0.39, 0.29) is 17.7 Å². The molecule has 0 spiro atoms. The molecule has 2 fully saturated rings. The summed E-state index contributed by atoms with van der Waals surface area (Å²) in [4.78, 5) is 12.1. The van der Waals surface area contributed by atoms with E-state index in [1.807, 2.05) is 0 Å². The Balaban J connectivity index is 1.62. The largest absolute Gasteiger partial charge is 0.372 e. The van der Waals surface area contributed by atoms with Crippen molar-refractivity contribution < 1.29 is 9.53 Å². The predicted octanol–water partition coefficient (Wildman–Crippen LogP) is 3.99. The van der Waals surface area contributed by atoms with E-state index in [1.165, 1.54) is 19.3 Å². The Hall–Kier alpha value is -0.770. The monoisotopic (exact) mass is 310 g/mol. The first-order valence-corrected chi connectivity index (χ1v) is 8.94. The maximum Gasteiger partial charge on any atom is 0.315 e. The Bertz CT molecular complexity index is 375. The lowest BCUT2D eigenvalue weighted by molar-refractivity contribution is -0.101. The average Bonchev–Trinajstić information content (AvgIpc) is 2.38. The number of urea groups is 1. The molecule has 2 rings (SSSR count). The Labute approximate surface area is 135 Å². The normalized spacial score (nSPS) is 35.6. The highest BCUT2D eigenvalue weighted by Gasteiger charge is 2.35. The van der Waals surface area contributed by atoms with Crippen LogP contribution >= 0.6 is 0 Å². The van der Waals surface area contributed by atoms with Crippen LogP contribution in [-0.2, 0) is 4.74 Å². The Morgan fingerprint density at radius 1 is 1.14 bits per heavy atom. The highest BCUT2D eigenvalue weighted by Crippen LogP contribution is 2.38. The number of nitrogens with one attached hydrogen (secondary N) is 2. The number of hydrogen-bond acceptors (Lipinski definition) is 2. The second-order valence-corrected chi connectivity index (χ2v) is 8.58. The van der Waals surface area contributed by atoms with Crippen LogP contribution in [0.15, 0.2) is 0 Å². The molecule has 0 bridgehead atoms. The minimum Gasteiger partial charge on any atom is -0.372 e. The molecule has 0 atom stereocenters. The molecule has 22 heavy (non-hydrogen) atoms. The first kappa shape index (κ1) is 17.6. The topological polar surface area (TPSA) is 50.4 Å². The van der Waals surface area contributed by atoms with Crippen LogP contribution in [0.25, 0.3) is 0 Å². The van der Waals surface area contributed by atoms with Crippen molar-refractivity contribution in [3.05, 3.63) is 0 Å². The zero-order valence-corrected chi connectivity index (χ0v) is 15.0. The highest BCUT2D eigenvalue weighted by molar-refractivity contribution is 5.74. The van der Waals surface area contributed by atoms with Gasteiger partial charge in [0.2, 0.25) is 0 Å². The van der Waals surface area contributed by atoms with E-state index in [4.69, 9.17) is 4.74 Å². The molecule has 2 saturated carbocycles. The molecule has 0 radical (unpaired) electrons. The van der Waals surface area contributed by atoms with E-state index in [9.17, 15) is 4.79 Å². The van der Waals surface area contributed by atoms with Gasteiger partial charge >= 0.3 is 6.03 Å². The van der Waals surface area contributed by atoms with Crippen LogP contribution in [0.4, 0.5) is 4.79 Å². The van der Waals surface area contributed by atoms with Crippen molar-refractivity contribution in [2.75, 3.05) is 0 Å². The van der Waals surface area contributed by atoms with Gasteiger partial charge in [-0.2, -0.15) is 0 Å². The SMILES string of the molecule is CCC1(C)CCC(NC(=O)NC2CC(OC(C)(C)C)C2)CC1. The Morgan fingerprint density at radius 2 is 1.68 bits per heavy atom. The molecule has 4 nitrogen and oxygen atoms in total. The lowest BCUT2D eigenvalue weighted by Gasteiger charge is -2.40. The molecule has 0 saturated heterocycles. The van der Waals surface area contributed by atoms with Crippen LogP contribution in [0.3, 0.4) is 0 Å². The van der Waals surface area contributed by atoms with Gasteiger partial charge < -0.3 is 15.4 Å².